The Labute approximate surface area is 170 Å². The van der Waals surface area contributed by atoms with Crippen LogP contribution < -0.4 is 4.90 Å². The van der Waals surface area contributed by atoms with Gasteiger partial charge in [-0.05, 0) is 35.9 Å². The molecule has 0 radical (unpaired) electrons. The SMILES string of the molecule is N#Cc1ccc(N2CCN(C(=O)Cc3ccc(F)cc3)CC2CO)cc1C(F)(F)F. The van der Waals surface area contributed by atoms with E-state index in [2.05, 4.69) is 0 Å². The quantitative estimate of drug-likeness (QED) is 0.771. The van der Waals surface area contributed by atoms with Crippen molar-refractivity contribution >= 4 is 11.6 Å². The highest BCUT2D eigenvalue weighted by Crippen LogP contribution is 2.35. The second-order valence-electron chi connectivity index (χ2n) is 7.01. The molecule has 0 aliphatic carbocycles. The summed E-state index contributed by atoms with van der Waals surface area (Å²) in [7, 11) is 0. The Balaban J connectivity index is 1.75. The lowest BCUT2D eigenvalue weighted by Gasteiger charge is -2.42. The van der Waals surface area contributed by atoms with Crippen LogP contribution in [0.2, 0.25) is 0 Å². The molecule has 1 atom stereocenters. The number of anilines is 1. The van der Waals surface area contributed by atoms with Crippen molar-refractivity contribution in [2.24, 2.45) is 0 Å². The number of alkyl halides is 3. The van der Waals surface area contributed by atoms with E-state index in [1.54, 1.807) is 11.0 Å². The Morgan fingerprint density at radius 1 is 1.17 bits per heavy atom. The first-order chi connectivity index (χ1) is 14.2. The van der Waals surface area contributed by atoms with Gasteiger partial charge in [-0.2, -0.15) is 18.4 Å². The summed E-state index contributed by atoms with van der Waals surface area (Å²) >= 11 is 0. The number of amides is 1. The van der Waals surface area contributed by atoms with Gasteiger partial charge in [-0.1, -0.05) is 12.1 Å². The third-order valence-electron chi connectivity index (χ3n) is 5.08. The number of rotatable bonds is 4. The standard InChI is InChI=1S/C21H19F4N3O2/c22-16-4-1-14(2-5-16)9-20(30)27-7-8-28(18(12-27)13-29)17-6-3-15(11-26)19(10-17)21(23,24)25/h1-6,10,18,29H,7-9,12-13H2. The summed E-state index contributed by atoms with van der Waals surface area (Å²) in [5, 5.41) is 18.7. The molecule has 30 heavy (non-hydrogen) atoms. The Kier molecular flexibility index (Phi) is 6.27. The van der Waals surface area contributed by atoms with Crippen LogP contribution in [-0.2, 0) is 17.4 Å². The van der Waals surface area contributed by atoms with E-state index in [-0.39, 0.29) is 44.3 Å². The summed E-state index contributed by atoms with van der Waals surface area (Å²) in [6.45, 7) is 0.265. The van der Waals surface area contributed by atoms with Crippen molar-refractivity contribution in [1.82, 2.24) is 4.90 Å². The van der Waals surface area contributed by atoms with Gasteiger partial charge in [-0.3, -0.25) is 4.79 Å². The maximum absolute atomic E-state index is 13.3. The molecule has 0 spiro atoms. The second-order valence-corrected chi connectivity index (χ2v) is 7.01. The molecule has 0 aromatic heterocycles. The van der Waals surface area contributed by atoms with E-state index in [1.807, 2.05) is 0 Å². The van der Waals surface area contributed by atoms with E-state index >= 15 is 0 Å². The number of aliphatic hydroxyl groups is 1. The highest BCUT2D eigenvalue weighted by atomic mass is 19.4. The third-order valence-corrected chi connectivity index (χ3v) is 5.08. The van der Waals surface area contributed by atoms with E-state index in [4.69, 9.17) is 5.26 Å². The summed E-state index contributed by atoms with van der Waals surface area (Å²) in [5.74, 6) is -0.615. The van der Waals surface area contributed by atoms with Gasteiger partial charge < -0.3 is 14.9 Å². The first-order valence-corrected chi connectivity index (χ1v) is 9.24. The van der Waals surface area contributed by atoms with Crippen LogP contribution in [-0.4, -0.2) is 48.2 Å². The van der Waals surface area contributed by atoms with Crippen molar-refractivity contribution in [2.75, 3.05) is 31.1 Å². The summed E-state index contributed by atoms with van der Waals surface area (Å²) in [5.41, 5.74) is -0.633. The predicted molar refractivity (Wildman–Crippen MR) is 101 cm³/mol. The maximum Gasteiger partial charge on any atom is 0.417 e. The van der Waals surface area contributed by atoms with Crippen molar-refractivity contribution in [2.45, 2.75) is 18.6 Å². The van der Waals surface area contributed by atoms with Gasteiger partial charge in [0.15, 0.2) is 0 Å². The fourth-order valence-electron chi connectivity index (χ4n) is 3.51. The van der Waals surface area contributed by atoms with Gasteiger partial charge in [0.05, 0.1) is 36.3 Å². The molecule has 9 heteroatoms. The first kappa shape index (κ1) is 21.6. The average molecular weight is 421 g/mol. The lowest BCUT2D eigenvalue weighted by molar-refractivity contribution is -0.137. The maximum atomic E-state index is 13.3. The number of benzene rings is 2. The largest absolute Gasteiger partial charge is 0.417 e. The number of hydrogen-bond donors (Lipinski definition) is 1. The number of nitriles is 1. The van der Waals surface area contributed by atoms with Crippen LogP contribution in [0.3, 0.4) is 0 Å². The van der Waals surface area contributed by atoms with Gasteiger partial charge in [0, 0.05) is 25.3 Å². The monoisotopic (exact) mass is 421 g/mol. The normalized spacial score (nSPS) is 17.0. The van der Waals surface area contributed by atoms with Crippen molar-refractivity contribution < 1.29 is 27.5 Å². The smallest absolute Gasteiger partial charge is 0.394 e. The van der Waals surface area contributed by atoms with E-state index in [0.29, 0.717) is 5.56 Å². The summed E-state index contributed by atoms with van der Waals surface area (Å²) in [6.07, 6.45) is -4.61. The Morgan fingerprint density at radius 2 is 1.87 bits per heavy atom. The molecule has 3 rings (SSSR count). The van der Waals surface area contributed by atoms with Gasteiger partial charge in [-0.25, -0.2) is 4.39 Å². The predicted octanol–water partition coefficient (Wildman–Crippen LogP) is 2.97. The van der Waals surface area contributed by atoms with Gasteiger partial charge in [0.1, 0.15) is 5.82 Å². The zero-order valence-corrected chi connectivity index (χ0v) is 15.9. The topological polar surface area (TPSA) is 67.6 Å². The minimum absolute atomic E-state index is 0.0630. The van der Waals surface area contributed by atoms with Crippen LogP contribution >= 0.6 is 0 Å². The summed E-state index contributed by atoms with van der Waals surface area (Å²) < 4.78 is 52.8. The summed E-state index contributed by atoms with van der Waals surface area (Å²) in [4.78, 5) is 15.7. The molecule has 0 saturated carbocycles. The highest BCUT2D eigenvalue weighted by Gasteiger charge is 2.36. The lowest BCUT2D eigenvalue weighted by Crippen LogP contribution is -2.56. The number of piperazine rings is 1. The van der Waals surface area contributed by atoms with E-state index in [0.717, 1.165) is 12.1 Å². The van der Waals surface area contributed by atoms with Crippen LogP contribution in [0.5, 0.6) is 0 Å². The Morgan fingerprint density at radius 3 is 2.47 bits per heavy atom. The van der Waals surface area contributed by atoms with Crippen molar-refractivity contribution in [3.63, 3.8) is 0 Å². The molecule has 158 valence electrons. The minimum Gasteiger partial charge on any atom is -0.394 e. The molecule has 1 saturated heterocycles. The third kappa shape index (κ3) is 4.71. The van der Waals surface area contributed by atoms with Crippen LogP contribution in [0.15, 0.2) is 42.5 Å². The number of carbonyl (C=O) groups excluding carboxylic acids is 1. The molecule has 1 amide bonds. The van der Waals surface area contributed by atoms with Gasteiger partial charge in [-0.15, -0.1) is 0 Å². The minimum atomic E-state index is -4.68. The van der Waals surface area contributed by atoms with Crippen LogP contribution in [0, 0.1) is 17.1 Å². The number of hydrogen-bond acceptors (Lipinski definition) is 4. The van der Waals surface area contributed by atoms with Crippen LogP contribution in [0.4, 0.5) is 23.2 Å². The van der Waals surface area contributed by atoms with Crippen molar-refractivity contribution in [3.05, 3.63) is 65.0 Å². The number of nitrogens with zero attached hydrogens (tertiary/aromatic N) is 3. The van der Waals surface area contributed by atoms with E-state index in [9.17, 15) is 27.5 Å². The van der Waals surface area contributed by atoms with Gasteiger partial charge in [0.25, 0.3) is 0 Å². The number of aliphatic hydroxyl groups excluding tert-OH is 1. The molecule has 1 unspecified atom stereocenters. The van der Waals surface area contributed by atoms with Crippen LogP contribution in [0.25, 0.3) is 0 Å². The highest BCUT2D eigenvalue weighted by molar-refractivity contribution is 5.79. The second kappa shape index (κ2) is 8.71. The molecule has 1 N–H and O–H groups in total. The summed E-state index contributed by atoms with van der Waals surface area (Å²) in [6, 6.07) is 9.93. The van der Waals surface area contributed by atoms with Crippen LogP contribution in [0.1, 0.15) is 16.7 Å². The average Bonchev–Trinajstić information content (AvgIpc) is 2.73. The van der Waals surface area contributed by atoms with E-state index in [1.165, 1.54) is 35.2 Å². The molecule has 1 fully saturated rings. The zero-order valence-electron chi connectivity index (χ0n) is 15.9. The molecule has 1 heterocycles. The molecule has 1 aliphatic heterocycles. The lowest BCUT2D eigenvalue weighted by atomic mass is 10.0. The molecule has 2 aromatic carbocycles. The first-order valence-electron chi connectivity index (χ1n) is 9.24. The van der Waals surface area contributed by atoms with Gasteiger partial charge in [0.2, 0.25) is 5.91 Å². The molecule has 0 bridgehead atoms. The molecule has 5 nitrogen and oxygen atoms in total. The Hall–Kier alpha value is -3.12. The fraction of sp³-hybridized carbons (Fsp3) is 0.333. The number of carbonyl (C=O) groups is 1. The fourth-order valence-corrected chi connectivity index (χ4v) is 3.51. The molecule has 2 aromatic rings. The molecular weight excluding hydrogens is 402 g/mol. The van der Waals surface area contributed by atoms with E-state index < -0.39 is 29.2 Å². The van der Waals surface area contributed by atoms with Gasteiger partial charge >= 0.3 is 6.18 Å². The zero-order chi connectivity index (χ0) is 21.9. The molecular formula is C21H19F4N3O2. The van der Waals surface area contributed by atoms with Crippen molar-refractivity contribution in [3.8, 4) is 6.07 Å². The van der Waals surface area contributed by atoms with Crippen molar-refractivity contribution in [1.29, 1.82) is 5.26 Å². The Bertz CT molecular complexity index is 954. The number of halogens is 4. The molecule has 1 aliphatic rings.